The van der Waals surface area contributed by atoms with Crippen molar-refractivity contribution in [1.29, 1.82) is 0 Å². The lowest BCUT2D eigenvalue weighted by molar-refractivity contribution is 0.104. The van der Waals surface area contributed by atoms with E-state index in [-0.39, 0.29) is 11.3 Å². The predicted molar refractivity (Wildman–Crippen MR) is 58.9 cm³/mol. The number of hydrogen-bond donors (Lipinski definition) is 0. The summed E-state index contributed by atoms with van der Waals surface area (Å²) in [6.45, 7) is 0. The van der Waals surface area contributed by atoms with Crippen LogP contribution < -0.4 is 0 Å². The Morgan fingerprint density at radius 3 is 1.33 bits per heavy atom. The van der Waals surface area contributed by atoms with Crippen LogP contribution in [0, 0.1) is 0 Å². The molecule has 0 spiro atoms. The first-order chi connectivity index (χ1) is 6.88. The molecule has 2 heteroatoms. The summed E-state index contributed by atoms with van der Waals surface area (Å²) < 4.78 is 0. The molecule has 3 rings (SSSR count). The summed E-state index contributed by atoms with van der Waals surface area (Å²) in [4.78, 5) is 11.9. The Morgan fingerprint density at radius 2 is 0.933 bits per heavy atom. The third-order valence-electron chi connectivity index (χ3n) is 2.63. The van der Waals surface area contributed by atoms with Gasteiger partial charge in [-0.1, -0.05) is 48.5 Å². The topological polar surface area (TPSA) is 48.6 Å². The zero-order valence-electron chi connectivity index (χ0n) is 8.03. The second kappa shape index (κ2) is 3.33. The smallest absolute Gasteiger partial charge is 0.194 e. The van der Waals surface area contributed by atoms with Gasteiger partial charge in [0.1, 0.15) is 0 Å². The second-order valence-electron chi connectivity index (χ2n) is 3.42. The Bertz CT molecular complexity index is 482. The molecular formula is C13H10O2. The highest BCUT2D eigenvalue weighted by Gasteiger charge is 2.24. The lowest BCUT2D eigenvalue weighted by Crippen LogP contribution is -1.93. The lowest BCUT2D eigenvalue weighted by Gasteiger charge is -1.96. The van der Waals surface area contributed by atoms with Gasteiger partial charge in [0.05, 0.1) is 0 Å². The molecule has 0 aliphatic heterocycles. The van der Waals surface area contributed by atoms with Crippen LogP contribution in [0.25, 0.3) is 11.1 Å². The summed E-state index contributed by atoms with van der Waals surface area (Å²) in [7, 11) is 0. The SMILES string of the molecule is O.O=C1c2ccccc2-c2ccccc21. The first kappa shape index (κ1) is 9.62. The number of carbonyl (C=O) groups excluding carboxylic acids is 1. The fourth-order valence-electron chi connectivity index (χ4n) is 1.98. The maximum atomic E-state index is 11.9. The molecule has 0 heterocycles. The zero-order valence-corrected chi connectivity index (χ0v) is 8.03. The first-order valence-electron chi connectivity index (χ1n) is 4.61. The molecule has 2 nitrogen and oxygen atoms in total. The van der Waals surface area contributed by atoms with Crippen molar-refractivity contribution >= 4 is 5.78 Å². The van der Waals surface area contributed by atoms with Gasteiger partial charge >= 0.3 is 0 Å². The van der Waals surface area contributed by atoms with Crippen LogP contribution >= 0.6 is 0 Å². The van der Waals surface area contributed by atoms with Crippen molar-refractivity contribution in [1.82, 2.24) is 0 Å². The fourth-order valence-corrected chi connectivity index (χ4v) is 1.98. The average Bonchev–Trinajstić information content (AvgIpc) is 2.55. The van der Waals surface area contributed by atoms with Crippen molar-refractivity contribution in [3.63, 3.8) is 0 Å². The molecular weight excluding hydrogens is 188 g/mol. The zero-order chi connectivity index (χ0) is 9.54. The van der Waals surface area contributed by atoms with E-state index in [9.17, 15) is 4.79 Å². The summed E-state index contributed by atoms with van der Waals surface area (Å²) in [6.07, 6.45) is 0. The lowest BCUT2D eigenvalue weighted by atomic mass is 10.1. The highest BCUT2D eigenvalue weighted by molar-refractivity contribution is 6.21. The number of rotatable bonds is 0. The van der Waals surface area contributed by atoms with Crippen molar-refractivity contribution in [2.24, 2.45) is 0 Å². The predicted octanol–water partition coefficient (Wildman–Crippen LogP) is 2.07. The number of carbonyl (C=O) groups is 1. The molecule has 0 saturated carbocycles. The van der Waals surface area contributed by atoms with E-state index in [1.54, 1.807) is 0 Å². The van der Waals surface area contributed by atoms with E-state index < -0.39 is 0 Å². The summed E-state index contributed by atoms with van der Waals surface area (Å²) >= 11 is 0. The minimum absolute atomic E-state index is 0. The van der Waals surface area contributed by atoms with E-state index in [0.29, 0.717) is 0 Å². The Kier molecular flexibility index (Phi) is 2.14. The molecule has 1 aliphatic carbocycles. The molecule has 0 radical (unpaired) electrons. The van der Waals surface area contributed by atoms with Crippen molar-refractivity contribution < 1.29 is 10.3 Å². The van der Waals surface area contributed by atoms with Crippen LogP contribution in [0.15, 0.2) is 48.5 Å². The van der Waals surface area contributed by atoms with Gasteiger partial charge in [-0.15, -0.1) is 0 Å². The molecule has 74 valence electrons. The van der Waals surface area contributed by atoms with Crippen LogP contribution in [0.2, 0.25) is 0 Å². The number of hydrogen-bond acceptors (Lipinski definition) is 1. The molecule has 0 aromatic heterocycles. The van der Waals surface area contributed by atoms with Crippen LogP contribution in [0.4, 0.5) is 0 Å². The van der Waals surface area contributed by atoms with Gasteiger partial charge in [0.2, 0.25) is 0 Å². The van der Waals surface area contributed by atoms with Crippen molar-refractivity contribution in [2.45, 2.75) is 0 Å². The van der Waals surface area contributed by atoms with Crippen molar-refractivity contribution in [2.75, 3.05) is 0 Å². The average molecular weight is 198 g/mol. The van der Waals surface area contributed by atoms with Gasteiger partial charge in [0, 0.05) is 11.1 Å². The van der Waals surface area contributed by atoms with Crippen LogP contribution in [-0.4, -0.2) is 11.3 Å². The van der Waals surface area contributed by atoms with Crippen molar-refractivity contribution in [3.8, 4) is 11.1 Å². The third kappa shape index (κ3) is 1.19. The van der Waals surface area contributed by atoms with E-state index in [1.165, 1.54) is 0 Å². The van der Waals surface area contributed by atoms with E-state index in [1.807, 2.05) is 48.5 Å². The van der Waals surface area contributed by atoms with Gasteiger partial charge in [0.15, 0.2) is 5.78 Å². The molecule has 0 unspecified atom stereocenters. The summed E-state index contributed by atoms with van der Waals surface area (Å²) in [6, 6.07) is 15.5. The van der Waals surface area contributed by atoms with E-state index in [2.05, 4.69) is 0 Å². The standard InChI is InChI=1S/C13H8O.H2O/c14-13-11-7-3-1-5-9(11)10-6-2-4-8-12(10)13;/h1-8H;1H2. The van der Waals surface area contributed by atoms with Gasteiger partial charge in [-0.05, 0) is 11.1 Å². The molecule has 2 aromatic rings. The highest BCUT2D eigenvalue weighted by atomic mass is 16.1. The summed E-state index contributed by atoms with van der Waals surface area (Å²) in [5.74, 6) is 0.149. The fraction of sp³-hybridized carbons (Fsp3) is 0. The van der Waals surface area contributed by atoms with E-state index >= 15 is 0 Å². The number of fused-ring (bicyclic) bond motifs is 3. The Labute approximate surface area is 87.5 Å². The first-order valence-corrected chi connectivity index (χ1v) is 4.61. The second-order valence-corrected chi connectivity index (χ2v) is 3.42. The maximum Gasteiger partial charge on any atom is 0.194 e. The quantitative estimate of drug-likeness (QED) is 0.545. The third-order valence-corrected chi connectivity index (χ3v) is 2.63. The molecule has 1 aliphatic rings. The molecule has 15 heavy (non-hydrogen) atoms. The molecule has 0 bridgehead atoms. The molecule has 0 saturated heterocycles. The van der Waals surface area contributed by atoms with Crippen LogP contribution in [0.3, 0.4) is 0 Å². The molecule has 0 atom stereocenters. The van der Waals surface area contributed by atoms with Crippen LogP contribution in [-0.2, 0) is 0 Å². The summed E-state index contributed by atoms with van der Waals surface area (Å²) in [5, 5.41) is 0. The Morgan fingerprint density at radius 1 is 0.600 bits per heavy atom. The maximum absolute atomic E-state index is 11.9. The molecule has 2 aromatic carbocycles. The minimum atomic E-state index is 0. The van der Waals surface area contributed by atoms with Gasteiger partial charge in [-0.2, -0.15) is 0 Å². The number of ketones is 1. The monoisotopic (exact) mass is 198 g/mol. The molecule has 0 fully saturated rings. The largest absolute Gasteiger partial charge is 0.412 e. The van der Waals surface area contributed by atoms with Gasteiger partial charge < -0.3 is 5.48 Å². The van der Waals surface area contributed by atoms with Gasteiger partial charge in [-0.3, -0.25) is 4.79 Å². The Balaban J connectivity index is 0.000000853. The van der Waals surface area contributed by atoms with Crippen LogP contribution in [0.5, 0.6) is 0 Å². The van der Waals surface area contributed by atoms with Crippen LogP contribution in [0.1, 0.15) is 15.9 Å². The van der Waals surface area contributed by atoms with E-state index in [0.717, 1.165) is 22.3 Å². The minimum Gasteiger partial charge on any atom is -0.412 e. The number of benzene rings is 2. The van der Waals surface area contributed by atoms with Gasteiger partial charge in [0.25, 0.3) is 0 Å². The van der Waals surface area contributed by atoms with E-state index in [4.69, 9.17) is 0 Å². The highest BCUT2D eigenvalue weighted by Crippen LogP contribution is 2.35. The summed E-state index contributed by atoms with van der Waals surface area (Å²) in [5.41, 5.74) is 3.78. The molecule has 0 amide bonds. The molecule has 2 N–H and O–H groups in total. The Hall–Kier alpha value is -1.93. The van der Waals surface area contributed by atoms with Crippen molar-refractivity contribution in [3.05, 3.63) is 59.7 Å². The van der Waals surface area contributed by atoms with Gasteiger partial charge in [-0.25, -0.2) is 0 Å². The normalized spacial score (nSPS) is 11.6.